The number of aromatic amines is 1. The van der Waals surface area contributed by atoms with Crippen molar-refractivity contribution in [3.8, 4) is 0 Å². The molecule has 0 fully saturated rings. The molecular formula is C28H44N8O. The lowest BCUT2D eigenvalue weighted by atomic mass is 10.2. The van der Waals surface area contributed by atoms with E-state index in [0.717, 1.165) is 68.5 Å². The number of hydrogen-bond acceptors (Lipinski definition) is 5. The third-order valence-electron chi connectivity index (χ3n) is 6.47. The number of nitrogens with one attached hydrogen (secondary N) is 2. The lowest BCUT2D eigenvalue weighted by Crippen LogP contribution is -2.33. The predicted molar refractivity (Wildman–Crippen MR) is 149 cm³/mol. The summed E-state index contributed by atoms with van der Waals surface area (Å²) in [5.41, 5.74) is 1.97. The van der Waals surface area contributed by atoms with Crippen molar-refractivity contribution in [2.45, 2.75) is 59.2 Å². The number of nitrogens with zero attached hydrogens (tertiary/aromatic N) is 6. The van der Waals surface area contributed by atoms with Crippen molar-refractivity contribution in [1.29, 1.82) is 0 Å². The first-order valence-electron chi connectivity index (χ1n) is 13.5. The van der Waals surface area contributed by atoms with E-state index in [-0.39, 0.29) is 6.03 Å². The molecule has 0 aliphatic carbocycles. The molecule has 0 unspecified atom stereocenters. The average molecular weight is 509 g/mol. The lowest BCUT2D eigenvalue weighted by Gasteiger charge is -2.22. The number of urea groups is 1. The van der Waals surface area contributed by atoms with Gasteiger partial charge in [-0.1, -0.05) is 26.0 Å². The fourth-order valence-corrected chi connectivity index (χ4v) is 4.44. The molecule has 9 nitrogen and oxygen atoms in total. The Morgan fingerprint density at radius 2 is 1.65 bits per heavy atom. The van der Waals surface area contributed by atoms with E-state index < -0.39 is 0 Å². The van der Waals surface area contributed by atoms with Crippen molar-refractivity contribution in [1.82, 2.24) is 34.2 Å². The Kier molecular flexibility index (Phi) is 11.6. The number of unbranched alkanes of at least 4 members (excludes halogenated alkanes) is 1. The number of aromatic nitrogens is 4. The number of aryl methyl sites for hydroxylation is 1. The summed E-state index contributed by atoms with van der Waals surface area (Å²) < 4.78 is 2.04. The second kappa shape index (κ2) is 15.2. The first kappa shape index (κ1) is 28.4. The van der Waals surface area contributed by atoms with Crippen LogP contribution in [0, 0.1) is 0 Å². The van der Waals surface area contributed by atoms with Crippen molar-refractivity contribution in [3.63, 3.8) is 0 Å². The monoisotopic (exact) mass is 508 g/mol. The third kappa shape index (κ3) is 9.66. The van der Waals surface area contributed by atoms with E-state index in [1.165, 1.54) is 12.8 Å². The number of benzene rings is 1. The van der Waals surface area contributed by atoms with Gasteiger partial charge in [-0.15, -0.1) is 0 Å². The molecule has 2 heterocycles. The molecule has 0 saturated heterocycles. The normalized spacial score (nSPS) is 11.4. The highest BCUT2D eigenvalue weighted by Crippen LogP contribution is 2.15. The van der Waals surface area contributed by atoms with E-state index in [0.29, 0.717) is 13.1 Å². The van der Waals surface area contributed by atoms with Gasteiger partial charge in [-0.2, -0.15) is 0 Å². The molecule has 0 aliphatic rings. The molecule has 202 valence electrons. The molecule has 0 spiro atoms. The van der Waals surface area contributed by atoms with Gasteiger partial charge in [0.2, 0.25) is 0 Å². The van der Waals surface area contributed by atoms with Gasteiger partial charge >= 0.3 is 6.03 Å². The summed E-state index contributed by atoms with van der Waals surface area (Å²) in [5.74, 6) is 1.92. The maximum absolute atomic E-state index is 12.7. The van der Waals surface area contributed by atoms with Gasteiger partial charge in [-0.25, -0.2) is 14.8 Å². The largest absolute Gasteiger partial charge is 0.348 e. The number of carbonyl (C=O) groups excluding carboxylic acids is 1. The molecule has 1 aromatic carbocycles. The molecule has 0 aliphatic heterocycles. The Labute approximate surface area is 221 Å². The summed E-state index contributed by atoms with van der Waals surface area (Å²) >= 11 is 0. The van der Waals surface area contributed by atoms with Crippen LogP contribution in [0.15, 0.2) is 49.1 Å². The molecule has 0 bridgehead atoms. The van der Waals surface area contributed by atoms with Crippen molar-refractivity contribution in [2.75, 3.05) is 38.5 Å². The molecule has 0 radical (unpaired) electrons. The van der Waals surface area contributed by atoms with Gasteiger partial charge < -0.3 is 24.7 Å². The van der Waals surface area contributed by atoms with Gasteiger partial charge in [0.15, 0.2) is 0 Å². The zero-order valence-corrected chi connectivity index (χ0v) is 23.0. The van der Waals surface area contributed by atoms with Crippen LogP contribution in [0.5, 0.6) is 0 Å². The standard InChI is InChI=1S/C28H44N8O/c1-5-16-35(17-6-2)19-8-7-18-34(4)28(37)32-25-11-9-24(10-12-25)21-36(22-26-29-13-14-30-26)23-27-31-15-20-33(27)3/h9-15,20H,5-8,16-19,21-23H2,1-4H3,(H,29,30)(H,32,37). The molecule has 2 amide bonds. The lowest BCUT2D eigenvalue weighted by molar-refractivity contribution is 0.219. The highest BCUT2D eigenvalue weighted by atomic mass is 16.2. The molecule has 3 aromatic rings. The summed E-state index contributed by atoms with van der Waals surface area (Å²) in [6.45, 7) is 10.8. The molecule has 37 heavy (non-hydrogen) atoms. The van der Waals surface area contributed by atoms with Crippen molar-refractivity contribution in [3.05, 3.63) is 66.3 Å². The van der Waals surface area contributed by atoms with Crippen LogP contribution in [0.25, 0.3) is 0 Å². The maximum Gasteiger partial charge on any atom is 0.321 e. The third-order valence-corrected chi connectivity index (χ3v) is 6.47. The summed E-state index contributed by atoms with van der Waals surface area (Å²) in [6, 6.07) is 8.01. The number of carbonyl (C=O) groups is 1. The van der Waals surface area contributed by atoms with Crippen molar-refractivity contribution < 1.29 is 4.79 Å². The van der Waals surface area contributed by atoms with Gasteiger partial charge in [0.1, 0.15) is 11.6 Å². The van der Waals surface area contributed by atoms with Crippen LogP contribution in [0.1, 0.15) is 56.7 Å². The van der Waals surface area contributed by atoms with E-state index in [2.05, 4.69) is 56.0 Å². The fourth-order valence-electron chi connectivity index (χ4n) is 4.44. The topological polar surface area (TPSA) is 85.3 Å². The van der Waals surface area contributed by atoms with Crippen molar-refractivity contribution in [2.24, 2.45) is 7.05 Å². The summed E-state index contributed by atoms with van der Waals surface area (Å²) in [7, 11) is 3.87. The van der Waals surface area contributed by atoms with Crippen LogP contribution in [-0.2, 0) is 26.7 Å². The molecular weight excluding hydrogens is 464 g/mol. The average Bonchev–Trinajstić information content (AvgIpc) is 3.54. The Balaban J connectivity index is 1.47. The van der Waals surface area contributed by atoms with E-state index in [1.54, 1.807) is 11.1 Å². The van der Waals surface area contributed by atoms with E-state index in [4.69, 9.17) is 0 Å². The molecule has 0 saturated carbocycles. The van der Waals surface area contributed by atoms with Crippen molar-refractivity contribution >= 4 is 11.7 Å². The molecule has 3 rings (SSSR count). The van der Waals surface area contributed by atoms with E-state index >= 15 is 0 Å². The zero-order valence-electron chi connectivity index (χ0n) is 23.0. The summed E-state index contributed by atoms with van der Waals surface area (Å²) in [6.07, 6.45) is 11.9. The van der Waals surface area contributed by atoms with Crippen LogP contribution in [0.3, 0.4) is 0 Å². The Morgan fingerprint density at radius 1 is 0.919 bits per heavy atom. The van der Waals surface area contributed by atoms with Crippen LogP contribution < -0.4 is 5.32 Å². The van der Waals surface area contributed by atoms with Crippen LogP contribution in [0.2, 0.25) is 0 Å². The van der Waals surface area contributed by atoms with Gasteiger partial charge in [0.25, 0.3) is 0 Å². The Morgan fingerprint density at radius 3 is 2.27 bits per heavy atom. The van der Waals surface area contributed by atoms with Gasteiger partial charge in [0, 0.05) is 57.7 Å². The van der Waals surface area contributed by atoms with E-state index in [9.17, 15) is 4.79 Å². The van der Waals surface area contributed by atoms with Gasteiger partial charge in [-0.3, -0.25) is 4.90 Å². The second-order valence-electron chi connectivity index (χ2n) is 9.73. The molecule has 2 aromatic heterocycles. The summed E-state index contributed by atoms with van der Waals surface area (Å²) in [5, 5.41) is 3.03. The van der Waals surface area contributed by atoms with Crippen LogP contribution in [-0.4, -0.2) is 73.5 Å². The number of imidazole rings is 2. The van der Waals surface area contributed by atoms with Crippen LogP contribution >= 0.6 is 0 Å². The minimum absolute atomic E-state index is 0.0686. The van der Waals surface area contributed by atoms with E-state index in [1.807, 2.05) is 49.4 Å². The zero-order chi connectivity index (χ0) is 26.5. The summed E-state index contributed by atoms with van der Waals surface area (Å²) in [4.78, 5) is 31.3. The number of rotatable bonds is 16. The Bertz CT molecular complexity index is 1020. The number of amides is 2. The predicted octanol–water partition coefficient (Wildman–Crippen LogP) is 4.71. The van der Waals surface area contributed by atoms with Gasteiger partial charge in [0.05, 0.1) is 13.1 Å². The quantitative estimate of drug-likeness (QED) is 0.274. The molecule has 9 heteroatoms. The smallest absolute Gasteiger partial charge is 0.321 e. The number of anilines is 1. The fraction of sp³-hybridized carbons (Fsp3) is 0.536. The number of H-pyrrole nitrogens is 1. The SMILES string of the molecule is CCCN(CCC)CCCCN(C)C(=O)Nc1ccc(CN(Cc2ncc[nH]2)Cc2nccn2C)cc1. The number of hydrogen-bond donors (Lipinski definition) is 2. The first-order chi connectivity index (χ1) is 18.0. The minimum atomic E-state index is -0.0686. The minimum Gasteiger partial charge on any atom is -0.348 e. The molecule has 2 N–H and O–H groups in total. The highest BCUT2D eigenvalue weighted by Gasteiger charge is 2.13. The second-order valence-corrected chi connectivity index (χ2v) is 9.73. The Hall–Kier alpha value is -3.17. The maximum atomic E-state index is 12.7. The van der Waals surface area contributed by atoms with Gasteiger partial charge in [-0.05, 0) is 63.0 Å². The van der Waals surface area contributed by atoms with Crippen LogP contribution in [0.4, 0.5) is 10.5 Å². The first-order valence-corrected chi connectivity index (χ1v) is 13.5. The molecule has 0 atom stereocenters. The highest BCUT2D eigenvalue weighted by molar-refractivity contribution is 5.89.